The molecule has 1 saturated heterocycles. The second-order valence-corrected chi connectivity index (χ2v) is 6.60. The van der Waals surface area contributed by atoms with Crippen molar-refractivity contribution in [2.75, 3.05) is 32.1 Å². The summed E-state index contributed by atoms with van der Waals surface area (Å²) >= 11 is 0. The maximum atomic E-state index is 10.7. The smallest absolute Gasteiger partial charge is 0.269 e. The van der Waals surface area contributed by atoms with Gasteiger partial charge in [-0.2, -0.15) is 0 Å². The molecule has 0 aromatic heterocycles. The fourth-order valence-corrected chi connectivity index (χ4v) is 3.30. The standard InChI is InChI=1S/C20H25N5O3/c1-21-20(22-13-15-7-9-17(10-8-15)25(26)27)23-16-11-12-24(14-16)18-5-3-4-6-19(18)28-2/h3-10,16H,11-14H2,1-2H3,(H2,21,22,23). The van der Waals surface area contributed by atoms with Crippen LogP contribution in [0.15, 0.2) is 53.5 Å². The predicted octanol–water partition coefficient (Wildman–Crippen LogP) is 2.55. The minimum absolute atomic E-state index is 0.0913. The van der Waals surface area contributed by atoms with Gasteiger partial charge in [-0.1, -0.05) is 24.3 Å². The quantitative estimate of drug-likeness (QED) is 0.345. The topological polar surface area (TPSA) is 92.0 Å². The molecule has 0 aliphatic carbocycles. The van der Waals surface area contributed by atoms with Crippen molar-refractivity contribution in [1.82, 2.24) is 10.6 Å². The average Bonchev–Trinajstić information content (AvgIpc) is 3.19. The van der Waals surface area contributed by atoms with Gasteiger partial charge in [0.15, 0.2) is 5.96 Å². The van der Waals surface area contributed by atoms with E-state index in [-0.39, 0.29) is 11.7 Å². The van der Waals surface area contributed by atoms with Gasteiger partial charge in [0.05, 0.1) is 17.7 Å². The van der Waals surface area contributed by atoms with E-state index in [0.29, 0.717) is 12.5 Å². The maximum absolute atomic E-state index is 10.7. The monoisotopic (exact) mass is 383 g/mol. The van der Waals surface area contributed by atoms with Crippen LogP contribution in [0, 0.1) is 10.1 Å². The number of ether oxygens (including phenoxy) is 1. The Labute approximate surface area is 164 Å². The van der Waals surface area contributed by atoms with Gasteiger partial charge in [0.25, 0.3) is 5.69 Å². The fraction of sp³-hybridized carbons (Fsp3) is 0.350. The Morgan fingerprint density at radius 2 is 2.04 bits per heavy atom. The number of methoxy groups -OCH3 is 1. The van der Waals surface area contributed by atoms with E-state index >= 15 is 0 Å². The molecule has 28 heavy (non-hydrogen) atoms. The molecule has 2 aromatic carbocycles. The lowest BCUT2D eigenvalue weighted by molar-refractivity contribution is -0.384. The summed E-state index contributed by atoms with van der Waals surface area (Å²) < 4.78 is 5.47. The Bertz CT molecular complexity index is 838. The highest BCUT2D eigenvalue weighted by atomic mass is 16.6. The van der Waals surface area contributed by atoms with Crippen molar-refractivity contribution in [2.45, 2.75) is 19.0 Å². The lowest BCUT2D eigenvalue weighted by Gasteiger charge is -2.22. The van der Waals surface area contributed by atoms with Gasteiger partial charge < -0.3 is 20.3 Å². The van der Waals surface area contributed by atoms with E-state index in [1.54, 1.807) is 26.3 Å². The lowest BCUT2D eigenvalue weighted by Crippen LogP contribution is -2.44. The zero-order chi connectivity index (χ0) is 19.9. The number of hydrogen-bond donors (Lipinski definition) is 2. The number of nitrogens with zero attached hydrogens (tertiary/aromatic N) is 3. The summed E-state index contributed by atoms with van der Waals surface area (Å²) in [5.41, 5.74) is 2.15. The number of hydrogen-bond acceptors (Lipinski definition) is 5. The average molecular weight is 383 g/mol. The fourth-order valence-electron chi connectivity index (χ4n) is 3.30. The largest absolute Gasteiger partial charge is 0.495 e. The first kappa shape index (κ1) is 19.5. The molecule has 0 saturated carbocycles. The predicted molar refractivity (Wildman–Crippen MR) is 110 cm³/mol. The first-order valence-corrected chi connectivity index (χ1v) is 9.19. The lowest BCUT2D eigenvalue weighted by atomic mass is 10.2. The number of nitro benzene ring substituents is 1. The van der Waals surface area contributed by atoms with Crippen LogP contribution in [0.3, 0.4) is 0 Å². The van der Waals surface area contributed by atoms with Crippen LogP contribution in [0.5, 0.6) is 5.75 Å². The van der Waals surface area contributed by atoms with Gasteiger partial charge in [-0.15, -0.1) is 0 Å². The molecule has 1 atom stereocenters. The number of nitro groups is 1. The second kappa shape index (κ2) is 9.07. The molecule has 148 valence electrons. The molecule has 0 spiro atoms. The molecular formula is C20H25N5O3. The highest BCUT2D eigenvalue weighted by molar-refractivity contribution is 5.80. The van der Waals surface area contributed by atoms with Crippen LogP contribution in [0.4, 0.5) is 11.4 Å². The van der Waals surface area contributed by atoms with Crippen LogP contribution in [0.25, 0.3) is 0 Å². The van der Waals surface area contributed by atoms with Crippen molar-refractivity contribution in [3.63, 3.8) is 0 Å². The van der Waals surface area contributed by atoms with E-state index in [2.05, 4.69) is 26.6 Å². The van der Waals surface area contributed by atoms with Crippen LogP contribution in [-0.2, 0) is 6.54 Å². The molecular weight excluding hydrogens is 358 g/mol. The van der Waals surface area contributed by atoms with Crippen molar-refractivity contribution >= 4 is 17.3 Å². The normalized spacial score (nSPS) is 16.7. The summed E-state index contributed by atoms with van der Waals surface area (Å²) in [5.74, 6) is 1.59. The summed E-state index contributed by atoms with van der Waals surface area (Å²) in [5, 5.41) is 17.5. The zero-order valence-electron chi connectivity index (χ0n) is 16.1. The number of rotatable bonds is 6. The first-order chi connectivity index (χ1) is 13.6. The first-order valence-electron chi connectivity index (χ1n) is 9.19. The Hall–Kier alpha value is -3.29. The minimum Gasteiger partial charge on any atom is -0.495 e. The van der Waals surface area contributed by atoms with Gasteiger partial charge in [-0.25, -0.2) is 0 Å². The van der Waals surface area contributed by atoms with E-state index in [1.807, 2.05) is 18.2 Å². The van der Waals surface area contributed by atoms with Crippen LogP contribution >= 0.6 is 0 Å². The van der Waals surface area contributed by atoms with Crippen molar-refractivity contribution in [1.29, 1.82) is 0 Å². The molecule has 0 amide bonds. The zero-order valence-corrected chi connectivity index (χ0v) is 16.1. The van der Waals surface area contributed by atoms with Gasteiger partial charge in [0, 0.05) is 44.9 Å². The number of non-ortho nitro benzene ring substituents is 1. The Morgan fingerprint density at radius 3 is 2.71 bits per heavy atom. The van der Waals surface area contributed by atoms with Crippen molar-refractivity contribution < 1.29 is 9.66 Å². The van der Waals surface area contributed by atoms with Gasteiger partial charge in [0.2, 0.25) is 0 Å². The number of benzene rings is 2. The van der Waals surface area contributed by atoms with Crippen molar-refractivity contribution in [3.8, 4) is 5.75 Å². The molecule has 0 bridgehead atoms. The Kier molecular flexibility index (Phi) is 6.31. The second-order valence-electron chi connectivity index (χ2n) is 6.60. The van der Waals surface area contributed by atoms with Gasteiger partial charge in [-0.3, -0.25) is 15.1 Å². The van der Waals surface area contributed by atoms with E-state index < -0.39 is 4.92 Å². The molecule has 0 radical (unpaired) electrons. The molecule has 8 heteroatoms. The molecule has 2 aromatic rings. The summed E-state index contributed by atoms with van der Waals surface area (Å²) in [7, 11) is 3.42. The van der Waals surface area contributed by atoms with Crippen LogP contribution in [0.2, 0.25) is 0 Å². The molecule has 3 rings (SSSR count). The van der Waals surface area contributed by atoms with Gasteiger partial charge >= 0.3 is 0 Å². The summed E-state index contributed by atoms with van der Waals surface area (Å²) in [6.07, 6.45) is 0.996. The molecule has 2 N–H and O–H groups in total. The van der Waals surface area contributed by atoms with Crippen molar-refractivity contribution in [3.05, 3.63) is 64.2 Å². The minimum atomic E-state index is -0.398. The van der Waals surface area contributed by atoms with E-state index in [9.17, 15) is 10.1 Å². The molecule has 1 aliphatic rings. The number of para-hydroxylation sites is 2. The molecule has 8 nitrogen and oxygen atoms in total. The highest BCUT2D eigenvalue weighted by Crippen LogP contribution is 2.30. The third-order valence-corrected chi connectivity index (χ3v) is 4.79. The number of nitrogens with one attached hydrogen (secondary N) is 2. The highest BCUT2D eigenvalue weighted by Gasteiger charge is 2.25. The molecule has 1 heterocycles. The van der Waals surface area contributed by atoms with Crippen LogP contribution in [0.1, 0.15) is 12.0 Å². The van der Waals surface area contributed by atoms with Crippen LogP contribution in [-0.4, -0.2) is 44.2 Å². The van der Waals surface area contributed by atoms with E-state index in [4.69, 9.17) is 4.74 Å². The van der Waals surface area contributed by atoms with E-state index in [0.717, 1.165) is 36.5 Å². The summed E-state index contributed by atoms with van der Waals surface area (Å²) in [6, 6.07) is 14.8. The van der Waals surface area contributed by atoms with Gasteiger partial charge in [-0.05, 0) is 24.1 Å². The molecule has 1 unspecified atom stereocenters. The SMILES string of the molecule is CN=C(NCc1ccc([N+](=O)[O-])cc1)NC1CCN(c2ccccc2OC)C1. The third-order valence-electron chi connectivity index (χ3n) is 4.79. The number of aliphatic imine (C=N–C) groups is 1. The van der Waals surface area contributed by atoms with E-state index in [1.165, 1.54) is 12.1 Å². The third kappa shape index (κ3) is 4.70. The Balaban J connectivity index is 1.53. The maximum Gasteiger partial charge on any atom is 0.269 e. The molecule has 1 fully saturated rings. The van der Waals surface area contributed by atoms with Gasteiger partial charge in [0.1, 0.15) is 5.75 Å². The van der Waals surface area contributed by atoms with Crippen molar-refractivity contribution in [2.24, 2.45) is 4.99 Å². The molecule has 1 aliphatic heterocycles. The summed E-state index contributed by atoms with van der Waals surface area (Å²) in [4.78, 5) is 16.9. The number of guanidine groups is 1. The summed E-state index contributed by atoms with van der Waals surface area (Å²) in [6.45, 7) is 2.34. The number of anilines is 1. The van der Waals surface area contributed by atoms with Crippen LogP contribution < -0.4 is 20.3 Å². The Morgan fingerprint density at radius 1 is 1.29 bits per heavy atom.